The molecular formula is C11H12N2O. The summed E-state index contributed by atoms with van der Waals surface area (Å²) >= 11 is 0. The number of Topliss-reactive ketones (excluding diaryl/α,β-unsaturated/α-hetero) is 1. The maximum atomic E-state index is 11.2. The third-order valence-electron chi connectivity index (χ3n) is 2.35. The van der Waals surface area contributed by atoms with E-state index < -0.39 is 0 Å². The number of hydrogen-bond acceptors (Lipinski definition) is 2. The summed E-state index contributed by atoms with van der Waals surface area (Å²) in [6.45, 7) is 3.55. The lowest BCUT2D eigenvalue weighted by molar-refractivity contribution is 0.100. The molecule has 0 amide bonds. The molecule has 2 aromatic rings. The fraction of sp³-hybridized carbons (Fsp3) is 0.273. The Morgan fingerprint density at radius 1 is 1.43 bits per heavy atom. The molecule has 3 nitrogen and oxygen atoms in total. The Labute approximate surface area is 82.4 Å². The molecule has 0 N–H and O–H groups in total. The quantitative estimate of drug-likeness (QED) is 0.642. The molecule has 1 heterocycles. The third-order valence-corrected chi connectivity index (χ3v) is 2.35. The van der Waals surface area contributed by atoms with Gasteiger partial charge in [-0.25, -0.2) is 4.98 Å². The summed E-state index contributed by atoms with van der Waals surface area (Å²) < 4.78 is 1.83. The molecule has 72 valence electrons. The fourth-order valence-electron chi connectivity index (χ4n) is 1.62. The van der Waals surface area contributed by atoms with Crippen LogP contribution in [0, 0.1) is 6.92 Å². The highest BCUT2D eigenvalue weighted by atomic mass is 16.1. The van der Waals surface area contributed by atoms with Gasteiger partial charge in [0.05, 0.1) is 11.0 Å². The molecule has 0 spiro atoms. The molecule has 0 saturated heterocycles. The van der Waals surface area contributed by atoms with Crippen molar-refractivity contribution in [1.82, 2.24) is 9.55 Å². The van der Waals surface area contributed by atoms with Crippen LogP contribution >= 0.6 is 0 Å². The minimum atomic E-state index is 0.00125. The fourth-order valence-corrected chi connectivity index (χ4v) is 1.62. The van der Waals surface area contributed by atoms with E-state index in [4.69, 9.17) is 0 Å². The van der Waals surface area contributed by atoms with E-state index in [-0.39, 0.29) is 5.78 Å². The Morgan fingerprint density at radius 3 is 2.79 bits per heavy atom. The Morgan fingerprint density at radius 2 is 2.14 bits per heavy atom. The zero-order valence-electron chi connectivity index (χ0n) is 8.53. The number of benzene rings is 1. The van der Waals surface area contributed by atoms with Crippen LogP contribution in [0.5, 0.6) is 0 Å². The number of carbonyl (C=O) groups is 1. The molecule has 1 aromatic heterocycles. The van der Waals surface area contributed by atoms with Crippen molar-refractivity contribution in [3.05, 3.63) is 29.6 Å². The highest BCUT2D eigenvalue weighted by molar-refractivity contribution is 5.94. The molecule has 0 aliphatic carbocycles. The van der Waals surface area contributed by atoms with Crippen molar-refractivity contribution >= 4 is 16.8 Å². The van der Waals surface area contributed by atoms with Crippen LogP contribution < -0.4 is 0 Å². The third kappa shape index (κ3) is 1.21. The molecule has 3 heteroatoms. The molecule has 0 fully saturated rings. The number of carbonyl (C=O) groups excluding carboxylic acids is 1. The summed E-state index contributed by atoms with van der Waals surface area (Å²) in [4.78, 5) is 15.5. The average molecular weight is 188 g/mol. The van der Waals surface area contributed by atoms with Crippen LogP contribution in [0.4, 0.5) is 0 Å². The van der Waals surface area contributed by atoms with Crippen LogP contribution in [-0.2, 0) is 7.05 Å². The number of imidazole rings is 1. The van der Waals surface area contributed by atoms with Gasteiger partial charge >= 0.3 is 0 Å². The first-order valence-electron chi connectivity index (χ1n) is 4.53. The summed E-state index contributed by atoms with van der Waals surface area (Å²) in [5.41, 5.74) is 3.05. The minimum Gasteiger partial charge on any atom is -0.325 e. The molecular weight excluding hydrogens is 176 g/mol. The molecule has 14 heavy (non-hydrogen) atoms. The van der Waals surface area contributed by atoms with Gasteiger partial charge in [-0.2, -0.15) is 0 Å². The second kappa shape index (κ2) is 2.94. The van der Waals surface area contributed by atoms with Crippen molar-refractivity contribution in [3.8, 4) is 0 Å². The SMILES string of the molecule is CC(=O)c1nc2cc(C)ccc2n1C. The van der Waals surface area contributed by atoms with Gasteiger partial charge in [0.25, 0.3) is 0 Å². The second-order valence-electron chi connectivity index (χ2n) is 3.54. The normalized spacial score (nSPS) is 10.8. The van der Waals surface area contributed by atoms with Gasteiger partial charge in [0.15, 0.2) is 11.6 Å². The van der Waals surface area contributed by atoms with E-state index in [2.05, 4.69) is 4.98 Å². The average Bonchev–Trinajstić information content (AvgIpc) is 2.43. The van der Waals surface area contributed by atoms with Crippen LogP contribution in [0.1, 0.15) is 23.1 Å². The lowest BCUT2D eigenvalue weighted by atomic mass is 10.2. The van der Waals surface area contributed by atoms with Gasteiger partial charge in [-0.15, -0.1) is 0 Å². The number of aromatic nitrogens is 2. The summed E-state index contributed by atoms with van der Waals surface area (Å²) in [7, 11) is 1.86. The first-order chi connectivity index (χ1) is 6.59. The van der Waals surface area contributed by atoms with Gasteiger partial charge in [0.2, 0.25) is 0 Å². The topological polar surface area (TPSA) is 34.9 Å². The largest absolute Gasteiger partial charge is 0.325 e. The van der Waals surface area contributed by atoms with Crippen molar-refractivity contribution < 1.29 is 4.79 Å². The zero-order chi connectivity index (χ0) is 10.3. The number of aryl methyl sites for hydroxylation is 2. The van der Waals surface area contributed by atoms with Crippen molar-refractivity contribution in [2.24, 2.45) is 7.05 Å². The van der Waals surface area contributed by atoms with Crippen LogP contribution in [0.3, 0.4) is 0 Å². The maximum Gasteiger partial charge on any atom is 0.195 e. The second-order valence-corrected chi connectivity index (χ2v) is 3.54. The summed E-state index contributed by atoms with van der Waals surface area (Å²) in [5, 5.41) is 0. The van der Waals surface area contributed by atoms with Gasteiger partial charge < -0.3 is 4.57 Å². The molecule has 0 unspecified atom stereocenters. The molecule has 0 aliphatic rings. The Balaban J connectivity index is 2.79. The lowest BCUT2D eigenvalue weighted by Crippen LogP contribution is -2.02. The summed E-state index contributed by atoms with van der Waals surface area (Å²) in [6.07, 6.45) is 0. The number of fused-ring (bicyclic) bond motifs is 1. The van der Waals surface area contributed by atoms with Crippen molar-refractivity contribution in [2.75, 3.05) is 0 Å². The minimum absolute atomic E-state index is 0.00125. The molecule has 0 saturated carbocycles. The van der Waals surface area contributed by atoms with Crippen LogP contribution in [-0.4, -0.2) is 15.3 Å². The van der Waals surface area contributed by atoms with E-state index in [9.17, 15) is 4.79 Å². The summed E-state index contributed by atoms with van der Waals surface area (Å²) in [5.74, 6) is 0.520. The molecule has 0 bridgehead atoms. The Bertz CT molecular complexity index is 511. The predicted molar refractivity (Wildman–Crippen MR) is 55.5 cm³/mol. The molecule has 0 atom stereocenters. The number of ketones is 1. The molecule has 0 aliphatic heterocycles. The molecule has 1 aromatic carbocycles. The lowest BCUT2D eigenvalue weighted by Gasteiger charge is -1.97. The van der Waals surface area contributed by atoms with Gasteiger partial charge in [0, 0.05) is 14.0 Å². The monoisotopic (exact) mass is 188 g/mol. The van der Waals surface area contributed by atoms with Gasteiger partial charge in [-0.3, -0.25) is 4.79 Å². The van der Waals surface area contributed by atoms with E-state index in [1.54, 1.807) is 0 Å². The highest BCUT2D eigenvalue weighted by Gasteiger charge is 2.10. The van der Waals surface area contributed by atoms with Gasteiger partial charge in [-0.1, -0.05) is 6.07 Å². The standard InChI is InChI=1S/C11H12N2O/c1-7-4-5-10-9(6-7)12-11(8(2)14)13(10)3/h4-6H,1-3H3. The summed E-state index contributed by atoms with van der Waals surface area (Å²) in [6, 6.07) is 6.00. The van der Waals surface area contributed by atoms with Crippen molar-refractivity contribution in [1.29, 1.82) is 0 Å². The van der Waals surface area contributed by atoms with E-state index in [0.717, 1.165) is 16.6 Å². The Hall–Kier alpha value is -1.64. The smallest absolute Gasteiger partial charge is 0.195 e. The predicted octanol–water partition coefficient (Wildman–Crippen LogP) is 2.08. The molecule has 2 rings (SSSR count). The maximum absolute atomic E-state index is 11.2. The van der Waals surface area contributed by atoms with Crippen molar-refractivity contribution in [3.63, 3.8) is 0 Å². The van der Waals surface area contributed by atoms with E-state index in [0.29, 0.717) is 5.82 Å². The van der Waals surface area contributed by atoms with E-state index >= 15 is 0 Å². The van der Waals surface area contributed by atoms with E-state index in [1.807, 2.05) is 36.7 Å². The number of rotatable bonds is 1. The first-order valence-corrected chi connectivity index (χ1v) is 4.53. The van der Waals surface area contributed by atoms with Crippen LogP contribution in [0.2, 0.25) is 0 Å². The Kier molecular flexibility index (Phi) is 1.88. The van der Waals surface area contributed by atoms with Gasteiger partial charge in [-0.05, 0) is 24.6 Å². The van der Waals surface area contributed by atoms with Crippen LogP contribution in [0.25, 0.3) is 11.0 Å². The van der Waals surface area contributed by atoms with Crippen molar-refractivity contribution in [2.45, 2.75) is 13.8 Å². The number of hydrogen-bond donors (Lipinski definition) is 0. The van der Waals surface area contributed by atoms with Gasteiger partial charge in [0.1, 0.15) is 0 Å². The zero-order valence-corrected chi connectivity index (χ0v) is 8.53. The van der Waals surface area contributed by atoms with Crippen LogP contribution in [0.15, 0.2) is 18.2 Å². The highest BCUT2D eigenvalue weighted by Crippen LogP contribution is 2.16. The molecule has 0 radical (unpaired) electrons. The first kappa shape index (κ1) is 8.94. The number of nitrogens with zero attached hydrogens (tertiary/aromatic N) is 2. The van der Waals surface area contributed by atoms with E-state index in [1.165, 1.54) is 6.92 Å².